The molecule has 0 N–H and O–H groups in total. The highest BCUT2D eigenvalue weighted by Gasteiger charge is 2.36. The molecule has 0 atom stereocenters. The van der Waals surface area contributed by atoms with Gasteiger partial charge in [-0.05, 0) is 31.2 Å². The van der Waals surface area contributed by atoms with E-state index in [0.29, 0.717) is 0 Å². The number of nitrogens with zero attached hydrogens (tertiary/aromatic N) is 5. The predicted octanol–water partition coefficient (Wildman–Crippen LogP) is 4.29. The van der Waals surface area contributed by atoms with E-state index in [0.717, 1.165) is 10.7 Å². The van der Waals surface area contributed by atoms with Crippen molar-refractivity contribution in [1.29, 1.82) is 0 Å². The third-order valence-corrected chi connectivity index (χ3v) is 4.17. The average Bonchev–Trinajstić information content (AvgIpc) is 3.18. The Morgan fingerprint density at radius 2 is 1.74 bits per heavy atom. The molecule has 0 aliphatic carbocycles. The van der Waals surface area contributed by atoms with Gasteiger partial charge in [-0.1, -0.05) is 12.1 Å². The molecule has 0 bridgehead atoms. The monoisotopic (exact) mass is 375 g/mol. The van der Waals surface area contributed by atoms with Gasteiger partial charge in [-0.2, -0.15) is 23.4 Å². The van der Waals surface area contributed by atoms with Crippen LogP contribution in [0.2, 0.25) is 0 Å². The number of aromatic nitrogens is 5. The number of hydrogen-bond acceptors (Lipinski definition) is 3. The van der Waals surface area contributed by atoms with Crippen molar-refractivity contribution in [3.63, 3.8) is 0 Å². The van der Waals surface area contributed by atoms with Crippen LogP contribution in [0.25, 0.3) is 28.1 Å². The minimum Gasteiger partial charge on any atom is -0.275 e. The van der Waals surface area contributed by atoms with E-state index in [1.54, 1.807) is 25.4 Å². The maximum absolute atomic E-state index is 14.2. The number of pyridine rings is 1. The van der Waals surface area contributed by atoms with Crippen LogP contribution in [-0.2, 0) is 13.2 Å². The standard InChI is InChI=1S/C18H13F4N5/c1-10-16-11(18(20,21)22)9-14(13-7-8-26(2)25-13)23-17(16)27(24-10)15-6-4-3-5-12(15)19/h3-9H,1-2H3. The molecule has 3 aromatic heterocycles. The Kier molecular flexibility index (Phi) is 3.76. The van der Waals surface area contributed by atoms with E-state index in [9.17, 15) is 17.6 Å². The second-order valence-corrected chi connectivity index (χ2v) is 6.07. The van der Waals surface area contributed by atoms with Gasteiger partial charge in [-0.15, -0.1) is 0 Å². The first-order valence-electron chi connectivity index (χ1n) is 7.98. The summed E-state index contributed by atoms with van der Waals surface area (Å²) in [5.41, 5.74) is -0.506. The zero-order valence-electron chi connectivity index (χ0n) is 14.3. The van der Waals surface area contributed by atoms with Crippen molar-refractivity contribution >= 4 is 11.0 Å². The first-order chi connectivity index (χ1) is 12.8. The maximum atomic E-state index is 14.2. The fourth-order valence-corrected chi connectivity index (χ4v) is 2.99. The van der Waals surface area contributed by atoms with Crippen LogP contribution in [0.4, 0.5) is 17.6 Å². The number of hydrogen-bond donors (Lipinski definition) is 0. The fourth-order valence-electron chi connectivity index (χ4n) is 2.99. The lowest BCUT2D eigenvalue weighted by atomic mass is 10.1. The first kappa shape index (κ1) is 17.2. The summed E-state index contributed by atoms with van der Waals surface area (Å²) in [6.07, 6.45) is -3.02. The summed E-state index contributed by atoms with van der Waals surface area (Å²) in [5, 5.41) is 8.08. The molecular weight excluding hydrogens is 362 g/mol. The highest BCUT2D eigenvalue weighted by Crippen LogP contribution is 2.38. The van der Waals surface area contributed by atoms with Gasteiger partial charge in [0.1, 0.15) is 17.2 Å². The summed E-state index contributed by atoms with van der Waals surface area (Å²) in [5.74, 6) is -0.611. The number of fused-ring (bicyclic) bond motifs is 1. The molecular formula is C18H13F4N5. The summed E-state index contributed by atoms with van der Waals surface area (Å²) >= 11 is 0. The summed E-state index contributed by atoms with van der Waals surface area (Å²) in [6.45, 7) is 1.44. The van der Waals surface area contributed by atoms with Crippen molar-refractivity contribution in [2.75, 3.05) is 0 Å². The van der Waals surface area contributed by atoms with E-state index in [1.165, 1.54) is 29.8 Å². The Labute approximate surface area is 150 Å². The van der Waals surface area contributed by atoms with Crippen molar-refractivity contribution in [2.24, 2.45) is 7.05 Å². The molecule has 1 aromatic carbocycles. The van der Waals surface area contributed by atoms with Gasteiger partial charge >= 0.3 is 6.18 Å². The van der Waals surface area contributed by atoms with Crippen LogP contribution in [0.1, 0.15) is 11.3 Å². The summed E-state index contributed by atoms with van der Waals surface area (Å²) in [6, 6.07) is 8.23. The molecule has 0 radical (unpaired) electrons. The molecule has 5 nitrogen and oxygen atoms in total. The smallest absolute Gasteiger partial charge is 0.275 e. The van der Waals surface area contributed by atoms with Crippen LogP contribution < -0.4 is 0 Å². The van der Waals surface area contributed by atoms with Crippen LogP contribution in [0, 0.1) is 12.7 Å². The van der Waals surface area contributed by atoms with Gasteiger partial charge in [0.05, 0.1) is 22.3 Å². The Morgan fingerprint density at radius 3 is 2.37 bits per heavy atom. The lowest BCUT2D eigenvalue weighted by molar-refractivity contribution is -0.136. The molecule has 0 saturated carbocycles. The summed E-state index contributed by atoms with van der Waals surface area (Å²) < 4.78 is 58.0. The lowest BCUT2D eigenvalue weighted by Gasteiger charge is -2.11. The van der Waals surface area contributed by atoms with Gasteiger partial charge in [0.25, 0.3) is 0 Å². The molecule has 138 valence electrons. The molecule has 9 heteroatoms. The van der Waals surface area contributed by atoms with Gasteiger partial charge in [0.2, 0.25) is 0 Å². The Hall–Kier alpha value is -3.23. The highest BCUT2D eigenvalue weighted by molar-refractivity contribution is 5.86. The predicted molar refractivity (Wildman–Crippen MR) is 90.8 cm³/mol. The summed E-state index contributed by atoms with van der Waals surface area (Å²) in [4.78, 5) is 4.33. The normalized spacial score (nSPS) is 12.1. The molecule has 0 aliphatic heterocycles. The van der Waals surface area contributed by atoms with Crippen LogP contribution in [0.15, 0.2) is 42.6 Å². The van der Waals surface area contributed by atoms with Crippen LogP contribution in [0.5, 0.6) is 0 Å². The number of halogens is 4. The van der Waals surface area contributed by atoms with Crippen molar-refractivity contribution in [3.05, 3.63) is 59.7 Å². The molecule has 0 fully saturated rings. The minimum absolute atomic E-state index is 0.0226. The third-order valence-electron chi connectivity index (χ3n) is 4.17. The third kappa shape index (κ3) is 2.84. The number of benzene rings is 1. The zero-order valence-corrected chi connectivity index (χ0v) is 14.3. The van der Waals surface area contributed by atoms with Gasteiger partial charge in [-0.3, -0.25) is 4.68 Å². The SMILES string of the molecule is Cc1nn(-c2ccccc2F)c2nc(-c3ccn(C)n3)cc(C(F)(F)F)c12. The maximum Gasteiger partial charge on any atom is 0.417 e. The molecule has 3 heterocycles. The largest absolute Gasteiger partial charge is 0.417 e. The quantitative estimate of drug-likeness (QED) is 0.491. The van der Waals surface area contributed by atoms with E-state index < -0.39 is 17.6 Å². The minimum atomic E-state index is -4.63. The zero-order chi connectivity index (χ0) is 19.3. The van der Waals surface area contributed by atoms with Crippen molar-refractivity contribution in [1.82, 2.24) is 24.5 Å². The number of alkyl halides is 3. The highest BCUT2D eigenvalue weighted by atomic mass is 19.4. The number of rotatable bonds is 2. The lowest BCUT2D eigenvalue weighted by Crippen LogP contribution is -2.08. The van der Waals surface area contributed by atoms with E-state index in [1.807, 2.05) is 0 Å². The van der Waals surface area contributed by atoms with E-state index in [4.69, 9.17) is 0 Å². The molecule has 27 heavy (non-hydrogen) atoms. The van der Waals surface area contributed by atoms with Crippen molar-refractivity contribution < 1.29 is 17.6 Å². The Bertz CT molecular complexity index is 1160. The summed E-state index contributed by atoms with van der Waals surface area (Å²) in [7, 11) is 1.65. The topological polar surface area (TPSA) is 48.5 Å². The van der Waals surface area contributed by atoms with E-state index >= 15 is 0 Å². The number of aryl methyl sites for hydroxylation is 2. The van der Waals surface area contributed by atoms with Gasteiger partial charge in [0, 0.05) is 13.2 Å². The Morgan fingerprint density at radius 1 is 1.00 bits per heavy atom. The molecule has 0 amide bonds. The van der Waals surface area contributed by atoms with Gasteiger partial charge in [0.15, 0.2) is 5.65 Å². The fraction of sp³-hybridized carbons (Fsp3) is 0.167. The molecule has 4 rings (SSSR count). The van der Waals surface area contributed by atoms with E-state index in [2.05, 4.69) is 15.2 Å². The molecule has 0 saturated heterocycles. The van der Waals surface area contributed by atoms with Gasteiger partial charge in [-0.25, -0.2) is 14.1 Å². The first-order valence-corrected chi connectivity index (χ1v) is 7.98. The molecule has 0 unspecified atom stereocenters. The Balaban J connectivity index is 2.09. The number of para-hydroxylation sites is 1. The van der Waals surface area contributed by atoms with Gasteiger partial charge < -0.3 is 0 Å². The van der Waals surface area contributed by atoms with Crippen molar-refractivity contribution in [3.8, 4) is 17.1 Å². The second kappa shape index (κ2) is 5.90. The second-order valence-electron chi connectivity index (χ2n) is 6.07. The molecule has 4 aromatic rings. The molecule has 0 aliphatic rings. The van der Waals surface area contributed by atoms with Crippen molar-refractivity contribution in [2.45, 2.75) is 13.1 Å². The van der Waals surface area contributed by atoms with Crippen LogP contribution >= 0.6 is 0 Å². The molecule has 0 spiro atoms. The average molecular weight is 375 g/mol. The van der Waals surface area contributed by atoms with E-state index in [-0.39, 0.29) is 33.8 Å². The van der Waals surface area contributed by atoms with Crippen LogP contribution in [-0.4, -0.2) is 24.5 Å². The van der Waals surface area contributed by atoms with Crippen LogP contribution in [0.3, 0.4) is 0 Å².